The summed E-state index contributed by atoms with van der Waals surface area (Å²) in [5.74, 6) is 0. The van der Waals surface area contributed by atoms with Crippen LogP contribution in [0.5, 0.6) is 0 Å². The molecule has 0 bridgehead atoms. The largest absolute Gasteiger partial charge is 0.103 e. The van der Waals surface area contributed by atoms with Crippen LogP contribution in [0.15, 0.2) is 71.9 Å². The van der Waals surface area contributed by atoms with Crippen LogP contribution < -0.4 is 0 Å². The molecule has 0 fully saturated rings. The second-order valence-corrected chi connectivity index (χ2v) is 5.63. The summed E-state index contributed by atoms with van der Waals surface area (Å²) >= 11 is 0. The van der Waals surface area contributed by atoms with Gasteiger partial charge in [-0.25, -0.2) is 0 Å². The zero-order valence-electron chi connectivity index (χ0n) is 15.7. The van der Waals surface area contributed by atoms with Crippen LogP contribution in [0, 0.1) is 0 Å². The summed E-state index contributed by atoms with van der Waals surface area (Å²) in [6.45, 7) is 20.3. The Hall–Kier alpha value is -1.56. The fourth-order valence-corrected chi connectivity index (χ4v) is 1.61. The summed E-state index contributed by atoms with van der Waals surface area (Å²) < 4.78 is 0. The molecule has 0 aromatic rings. The van der Waals surface area contributed by atoms with Crippen molar-refractivity contribution in [2.75, 3.05) is 0 Å². The van der Waals surface area contributed by atoms with Crippen molar-refractivity contribution in [2.24, 2.45) is 0 Å². The van der Waals surface area contributed by atoms with E-state index in [2.05, 4.69) is 72.9 Å². The van der Waals surface area contributed by atoms with E-state index in [0.29, 0.717) is 0 Å². The first-order chi connectivity index (χ1) is 10.4. The van der Waals surface area contributed by atoms with E-state index in [-0.39, 0.29) is 0 Å². The van der Waals surface area contributed by atoms with Crippen molar-refractivity contribution in [3.05, 3.63) is 71.9 Å². The topological polar surface area (TPSA) is 0 Å². The van der Waals surface area contributed by atoms with Crippen LogP contribution in [0.2, 0.25) is 0 Å². The van der Waals surface area contributed by atoms with Crippen molar-refractivity contribution in [2.45, 2.75) is 67.2 Å². The third-order valence-corrected chi connectivity index (χ3v) is 3.64. The Morgan fingerprint density at radius 3 is 2.05 bits per heavy atom. The van der Waals surface area contributed by atoms with E-state index in [9.17, 15) is 0 Å². The highest BCUT2D eigenvalue weighted by Gasteiger charge is 1.95. The Morgan fingerprint density at radius 1 is 1.00 bits per heavy atom. The molecule has 22 heavy (non-hydrogen) atoms. The highest BCUT2D eigenvalue weighted by Crippen LogP contribution is 2.15. The predicted octanol–water partition coefficient (Wildman–Crippen LogP) is 7.73. The molecule has 0 heterocycles. The quantitative estimate of drug-likeness (QED) is 0.318. The zero-order valence-corrected chi connectivity index (χ0v) is 15.7. The van der Waals surface area contributed by atoms with Gasteiger partial charge in [0.05, 0.1) is 0 Å². The molecule has 0 saturated carbocycles. The lowest BCUT2D eigenvalue weighted by Crippen LogP contribution is -1.84. The van der Waals surface area contributed by atoms with Gasteiger partial charge in [0, 0.05) is 0 Å². The fourth-order valence-electron chi connectivity index (χ4n) is 1.61. The third kappa shape index (κ3) is 13.4. The second kappa shape index (κ2) is 15.8. The van der Waals surface area contributed by atoms with Gasteiger partial charge in [-0.15, -0.1) is 6.58 Å². The van der Waals surface area contributed by atoms with E-state index in [4.69, 9.17) is 0 Å². The van der Waals surface area contributed by atoms with Gasteiger partial charge in [0.2, 0.25) is 0 Å². The summed E-state index contributed by atoms with van der Waals surface area (Å²) in [7, 11) is 0. The summed E-state index contributed by atoms with van der Waals surface area (Å²) in [4.78, 5) is 0. The van der Waals surface area contributed by atoms with Crippen LogP contribution in [0.3, 0.4) is 0 Å². The molecular weight excluding hydrogens is 264 g/mol. The standard InChI is InChI=1S/C13H20.C9H16/c1-5-8-10-13(11-9-6-2)12(4)7-3;1-5-6-7-9(4)8(2)3/h5-6,8,10H,1-2,7,9,11H2,3-4H3;5-6H,7H2,1-4H3/b10-8-,13-12+;. The SMILES string of the molecule is C=C/C=C\C(CCC=C)=C(\C)CC.CC=CCC(C)=C(C)C. The van der Waals surface area contributed by atoms with Crippen LogP contribution in [0.25, 0.3) is 0 Å². The molecule has 0 N–H and O–H groups in total. The minimum absolute atomic E-state index is 1.05. The molecule has 0 radical (unpaired) electrons. The highest BCUT2D eigenvalue weighted by atomic mass is 14.0. The minimum Gasteiger partial charge on any atom is -0.103 e. The van der Waals surface area contributed by atoms with Gasteiger partial charge in [-0.1, -0.05) is 66.7 Å². The van der Waals surface area contributed by atoms with E-state index < -0.39 is 0 Å². The third-order valence-electron chi connectivity index (χ3n) is 3.64. The van der Waals surface area contributed by atoms with Crippen LogP contribution in [0.4, 0.5) is 0 Å². The van der Waals surface area contributed by atoms with Gasteiger partial charge in [-0.2, -0.15) is 0 Å². The zero-order chi connectivity index (χ0) is 17.4. The van der Waals surface area contributed by atoms with E-state index in [1.807, 2.05) is 18.2 Å². The molecule has 0 aromatic carbocycles. The Bertz CT molecular complexity index is 421. The van der Waals surface area contributed by atoms with Gasteiger partial charge >= 0.3 is 0 Å². The lowest BCUT2D eigenvalue weighted by Gasteiger charge is -2.04. The van der Waals surface area contributed by atoms with Crippen molar-refractivity contribution < 1.29 is 0 Å². The van der Waals surface area contributed by atoms with Crippen LogP contribution >= 0.6 is 0 Å². The maximum Gasteiger partial charge on any atom is -0.0139 e. The smallest absolute Gasteiger partial charge is 0.0139 e. The Labute approximate surface area is 139 Å². The van der Waals surface area contributed by atoms with E-state index in [1.54, 1.807) is 0 Å². The number of allylic oxidation sites excluding steroid dienone is 10. The van der Waals surface area contributed by atoms with Crippen LogP contribution in [0.1, 0.15) is 67.2 Å². The van der Waals surface area contributed by atoms with Gasteiger partial charge in [0.25, 0.3) is 0 Å². The average molecular weight is 301 g/mol. The van der Waals surface area contributed by atoms with Gasteiger partial charge in [-0.05, 0) is 65.9 Å². The van der Waals surface area contributed by atoms with E-state index in [0.717, 1.165) is 25.7 Å². The summed E-state index contributed by atoms with van der Waals surface area (Å²) in [6, 6.07) is 0. The first-order valence-electron chi connectivity index (χ1n) is 8.27. The monoisotopic (exact) mass is 300 g/mol. The molecule has 0 spiro atoms. The average Bonchev–Trinajstić information content (AvgIpc) is 2.52. The Kier molecular flexibility index (Phi) is 16.3. The van der Waals surface area contributed by atoms with Gasteiger partial charge in [0.1, 0.15) is 0 Å². The molecule has 0 unspecified atom stereocenters. The molecule has 0 aliphatic heterocycles. The second-order valence-electron chi connectivity index (χ2n) is 5.63. The number of rotatable bonds is 8. The van der Waals surface area contributed by atoms with Crippen molar-refractivity contribution in [3.8, 4) is 0 Å². The Balaban J connectivity index is 0. The van der Waals surface area contributed by atoms with Crippen LogP contribution in [-0.4, -0.2) is 0 Å². The molecular formula is C22H36. The molecule has 0 saturated heterocycles. The first kappa shape index (κ1) is 22.7. The van der Waals surface area contributed by atoms with Crippen LogP contribution in [-0.2, 0) is 0 Å². The molecule has 0 atom stereocenters. The molecule has 0 amide bonds. The molecule has 124 valence electrons. The molecule has 0 aromatic heterocycles. The van der Waals surface area contributed by atoms with E-state index >= 15 is 0 Å². The van der Waals surface area contributed by atoms with Crippen molar-refractivity contribution in [3.63, 3.8) is 0 Å². The van der Waals surface area contributed by atoms with Crippen molar-refractivity contribution in [1.29, 1.82) is 0 Å². The van der Waals surface area contributed by atoms with Crippen molar-refractivity contribution >= 4 is 0 Å². The van der Waals surface area contributed by atoms with E-state index in [1.165, 1.54) is 22.3 Å². The Morgan fingerprint density at radius 2 is 1.64 bits per heavy atom. The van der Waals surface area contributed by atoms with Gasteiger partial charge in [0.15, 0.2) is 0 Å². The normalized spacial score (nSPS) is 11.7. The molecule has 0 heteroatoms. The molecule has 0 aliphatic rings. The van der Waals surface area contributed by atoms with Gasteiger partial charge < -0.3 is 0 Å². The lowest BCUT2D eigenvalue weighted by atomic mass is 10.0. The minimum atomic E-state index is 1.05. The number of hydrogen-bond acceptors (Lipinski definition) is 0. The highest BCUT2D eigenvalue weighted by molar-refractivity contribution is 5.26. The molecule has 0 rings (SSSR count). The maximum atomic E-state index is 3.73. The maximum absolute atomic E-state index is 3.73. The van der Waals surface area contributed by atoms with Crippen molar-refractivity contribution in [1.82, 2.24) is 0 Å². The summed E-state index contributed by atoms with van der Waals surface area (Å²) in [6.07, 6.45) is 16.6. The predicted molar refractivity (Wildman–Crippen MR) is 105 cm³/mol. The first-order valence-corrected chi connectivity index (χ1v) is 8.27. The van der Waals surface area contributed by atoms with Gasteiger partial charge in [-0.3, -0.25) is 0 Å². The molecule has 0 aliphatic carbocycles. The summed E-state index contributed by atoms with van der Waals surface area (Å²) in [5.41, 5.74) is 5.79. The lowest BCUT2D eigenvalue weighted by molar-refractivity contribution is 0.954. The summed E-state index contributed by atoms with van der Waals surface area (Å²) in [5, 5.41) is 0. The number of hydrogen-bond donors (Lipinski definition) is 0. The fraction of sp³-hybridized carbons (Fsp3) is 0.455. The molecule has 0 nitrogen and oxygen atoms in total.